The molecule has 0 atom stereocenters. The zero-order chi connectivity index (χ0) is 16.0. The second kappa shape index (κ2) is 7.13. The Kier molecular flexibility index (Phi) is 5.22. The van der Waals surface area contributed by atoms with Gasteiger partial charge in [-0.1, -0.05) is 43.3 Å². The topological polar surface area (TPSA) is 55.4 Å². The highest BCUT2D eigenvalue weighted by molar-refractivity contribution is 7.89. The van der Waals surface area contributed by atoms with Crippen molar-refractivity contribution < 1.29 is 13.2 Å². The average Bonchev–Trinajstić information content (AvgIpc) is 2.55. The van der Waals surface area contributed by atoms with E-state index in [1.807, 2.05) is 43.3 Å². The third-order valence-electron chi connectivity index (χ3n) is 3.11. The maximum atomic E-state index is 12.5. The van der Waals surface area contributed by atoms with Crippen LogP contribution in [0.3, 0.4) is 0 Å². The van der Waals surface area contributed by atoms with Gasteiger partial charge in [0.05, 0.1) is 17.7 Å². The predicted molar refractivity (Wildman–Crippen MR) is 88.0 cm³/mol. The summed E-state index contributed by atoms with van der Waals surface area (Å²) in [6, 6.07) is 15.7. The van der Waals surface area contributed by atoms with E-state index in [4.69, 9.17) is 4.74 Å². The molecular weight excluding hydrogens is 298 g/mol. The van der Waals surface area contributed by atoms with Crippen molar-refractivity contribution >= 4 is 15.7 Å². The Balaban J connectivity index is 2.30. The van der Waals surface area contributed by atoms with E-state index in [1.165, 1.54) is 12.1 Å². The third kappa shape index (κ3) is 3.89. The minimum absolute atomic E-state index is 0.200. The maximum Gasteiger partial charge on any atom is 0.261 e. The molecule has 0 amide bonds. The van der Waals surface area contributed by atoms with Gasteiger partial charge in [-0.25, -0.2) is 8.42 Å². The Labute approximate surface area is 131 Å². The Bertz CT molecular complexity index is 735. The van der Waals surface area contributed by atoms with Crippen molar-refractivity contribution in [3.63, 3.8) is 0 Å². The highest BCUT2D eigenvalue weighted by Crippen LogP contribution is 2.19. The molecule has 0 aliphatic rings. The fraction of sp³-hybridized carbons (Fsp3) is 0.176. The standard InChI is InChI=1S/C17H19NO3S/c1-3-7-17(14-8-5-4-6-9-14)18-22(19,20)16-12-10-15(21-2)11-13-16/h4-13,18H,3H2,1-2H3/b17-7-. The first kappa shape index (κ1) is 16.1. The lowest BCUT2D eigenvalue weighted by molar-refractivity contribution is 0.414. The highest BCUT2D eigenvalue weighted by atomic mass is 32.2. The van der Waals surface area contributed by atoms with Crippen molar-refractivity contribution in [3.05, 3.63) is 66.2 Å². The number of sulfonamides is 1. The molecule has 0 aliphatic heterocycles. The molecule has 5 heteroatoms. The van der Waals surface area contributed by atoms with Gasteiger partial charge in [-0.3, -0.25) is 4.72 Å². The maximum absolute atomic E-state index is 12.5. The van der Waals surface area contributed by atoms with Gasteiger partial charge in [-0.05, 0) is 36.2 Å². The monoisotopic (exact) mass is 317 g/mol. The highest BCUT2D eigenvalue weighted by Gasteiger charge is 2.16. The summed E-state index contributed by atoms with van der Waals surface area (Å²) in [4.78, 5) is 0.200. The van der Waals surface area contributed by atoms with E-state index >= 15 is 0 Å². The van der Waals surface area contributed by atoms with Gasteiger partial charge in [-0.15, -0.1) is 0 Å². The summed E-state index contributed by atoms with van der Waals surface area (Å²) in [5.41, 5.74) is 1.42. The molecule has 0 saturated heterocycles. The van der Waals surface area contributed by atoms with Gasteiger partial charge in [0.15, 0.2) is 0 Å². The zero-order valence-electron chi connectivity index (χ0n) is 12.6. The van der Waals surface area contributed by atoms with Gasteiger partial charge in [0.1, 0.15) is 5.75 Å². The van der Waals surface area contributed by atoms with E-state index in [0.717, 1.165) is 12.0 Å². The lowest BCUT2D eigenvalue weighted by atomic mass is 10.1. The minimum atomic E-state index is -3.63. The smallest absolute Gasteiger partial charge is 0.261 e. The first-order chi connectivity index (χ1) is 10.6. The molecule has 0 spiro atoms. The van der Waals surface area contributed by atoms with E-state index in [9.17, 15) is 8.42 Å². The fourth-order valence-electron chi connectivity index (χ4n) is 2.00. The second-order valence-corrected chi connectivity index (χ2v) is 6.36. The third-order valence-corrected chi connectivity index (χ3v) is 4.49. The molecule has 0 aliphatic carbocycles. The van der Waals surface area contributed by atoms with Crippen LogP contribution in [0.25, 0.3) is 5.70 Å². The Morgan fingerprint density at radius 3 is 2.27 bits per heavy atom. The molecule has 0 saturated carbocycles. The summed E-state index contributed by atoms with van der Waals surface area (Å²) >= 11 is 0. The normalized spacial score (nSPS) is 12.0. The van der Waals surface area contributed by atoms with Gasteiger partial charge in [0, 0.05) is 0 Å². The van der Waals surface area contributed by atoms with Crippen molar-refractivity contribution in [1.29, 1.82) is 0 Å². The molecule has 0 bridgehead atoms. The minimum Gasteiger partial charge on any atom is -0.497 e. The van der Waals surface area contributed by atoms with Crippen LogP contribution < -0.4 is 9.46 Å². The molecule has 0 radical (unpaired) electrons. The van der Waals surface area contributed by atoms with E-state index in [0.29, 0.717) is 11.4 Å². The van der Waals surface area contributed by atoms with Crippen LogP contribution in [0.1, 0.15) is 18.9 Å². The summed E-state index contributed by atoms with van der Waals surface area (Å²) in [7, 11) is -2.09. The lowest BCUT2D eigenvalue weighted by Gasteiger charge is -2.12. The van der Waals surface area contributed by atoms with Crippen LogP contribution >= 0.6 is 0 Å². The number of hydrogen-bond donors (Lipinski definition) is 1. The van der Waals surface area contributed by atoms with Crippen LogP contribution in [0, 0.1) is 0 Å². The Morgan fingerprint density at radius 2 is 1.73 bits per heavy atom. The summed E-state index contributed by atoms with van der Waals surface area (Å²) in [5.74, 6) is 0.617. The predicted octanol–water partition coefficient (Wildman–Crippen LogP) is 3.42. The molecular formula is C17H19NO3S. The van der Waals surface area contributed by atoms with Gasteiger partial charge in [-0.2, -0.15) is 0 Å². The van der Waals surface area contributed by atoms with Crippen molar-refractivity contribution in [2.45, 2.75) is 18.2 Å². The number of hydrogen-bond acceptors (Lipinski definition) is 3. The molecule has 4 nitrogen and oxygen atoms in total. The summed E-state index contributed by atoms with van der Waals surface area (Å²) in [6.07, 6.45) is 2.59. The second-order valence-electron chi connectivity index (χ2n) is 4.67. The van der Waals surface area contributed by atoms with Gasteiger partial charge < -0.3 is 4.74 Å². The Hall–Kier alpha value is -2.27. The molecule has 2 aromatic rings. The first-order valence-electron chi connectivity index (χ1n) is 6.99. The van der Waals surface area contributed by atoms with E-state index in [2.05, 4.69) is 4.72 Å². The molecule has 0 aromatic heterocycles. The van der Waals surface area contributed by atoms with E-state index in [1.54, 1.807) is 19.2 Å². The molecule has 0 heterocycles. The van der Waals surface area contributed by atoms with Crippen LogP contribution in [0.5, 0.6) is 5.75 Å². The Morgan fingerprint density at radius 1 is 1.09 bits per heavy atom. The van der Waals surface area contributed by atoms with Gasteiger partial charge >= 0.3 is 0 Å². The van der Waals surface area contributed by atoms with Crippen LogP contribution in [-0.4, -0.2) is 15.5 Å². The average molecular weight is 317 g/mol. The van der Waals surface area contributed by atoms with Crippen LogP contribution in [-0.2, 0) is 10.0 Å². The molecule has 0 unspecified atom stereocenters. The lowest BCUT2D eigenvalue weighted by Crippen LogP contribution is -2.22. The SMILES string of the molecule is CC/C=C(\NS(=O)(=O)c1ccc(OC)cc1)c1ccccc1. The summed E-state index contributed by atoms with van der Waals surface area (Å²) < 4.78 is 32.7. The molecule has 1 N–H and O–H groups in total. The molecule has 2 aromatic carbocycles. The first-order valence-corrected chi connectivity index (χ1v) is 8.47. The van der Waals surface area contributed by atoms with E-state index < -0.39 is 10.0 Å². The summed E-state index contributed by atoms with van der Waals surface area (Å²) in [6.45, 7) is 1.96. The molecule has 22 heavy (non-hydrogen) atoms. The van der Waals surface area contributed by atoms with Crippen LogP contribution in [0.2, 0.25) is 0 Å². The number of ether oxygens (including phenoxy) is 1. The number of nitrogens with one attached hydrogen (secondary N) is 1. The molecule has 0 fully saturated rings. The van der Waals surface area contributed by atoms with Crippen molar-refractivity contribution in [2.75, 3.05) is 7.11 Å². The zero-order valence-corrected chi connectivity index (χ0v) is 13.4. The van der Waals surface area contributed by atoms with Crippen molar-refractivity contribution in [2.24, 2.45) is 0 Å². The molecule has 116 valence electrons. The van der Waals surface area contributed by atoms with Crippen LogP contribution in [0.15, 0.2) is 65.6 Å². The number of methoxy groups -OCH3 is 1. The van der Waals surface area contributed by atoms with Gasteiger partial charge in [0.2, 0.25) is 0 Å². The quantitative estimate of drug-likeness (QED) is 0.888. The van der Waals surface area contributed by atoms with E-state index in [-0.39, 0.29) is 4.90 Å². The van der Waals surface area contributed by atoms with Gasteiger partial charge in [0.25, 0.3) is 10.0 Å². The number of rotatable bonds is 6. The number of benzene rings is 2. The summed E-state index contributed by atoms with van der Waals surface area (Å²) in [5, 5.41) is 0. The van der Waals surface area contributed by atoms with Crippen molar-refractivity contribution in [3.8, 4) is 5.75 Å². The number of allylic oxidation sites excluding steroid dienone is 1. The fourth-order valence-corrected chi connectivity index (χ4v) is 3.10. The van der Waals surface area contributed by atoms with Crippen LogP contribution in [0.4, 0.5) is 0 Å². The van der Waals surface area contributed by atoms with Crippen molar-refractivity contribution in [1.82, 2.24) is 4.72 Å². The molecule has 2 rings (SSSR count). The largest absolute Gasteiger partial charge is 0.497 e.